The number of nitrogens with one attached hydrogen (secondary N) is 1. The molecule has 0 bridgehead atoms. The van der Waals surface area contributed by atoms with Crippen molar-refractivity contribution < 1.29 is 4.74 Å². The summed E-state index contributed by atoms with van der Waals surface area (Å²) in [5.74, 6) is 0.784. The Kier molecular flexibility index (Phi) is 7.26. The summed E-state index contributed by atoms with van der Waals surface area (Å²) in [4.78, 5) is 9.37. The second kappa shape index (κ2) is 8.44. The van der Waals surface area contributed by atoms with Gasteiger partial charge in [0.15, 0.2) is 5.82 Å². The van der Waals surface area contributed by atoms with Crippen LogP contribution in [0.4, 0.5) is 0 Å². The van der Waals surface area contributed by atoms with Gasteiger partial charge in [0.1, 0.15) is 5.60 Å². The first-order valence-corrected chi connectivity index (χ1v) is 8.11. The molecule has 1 heterocycles. The summed E-state index contributed by atoms with van der Waals surface area (Å²) in [6.45, 7) is 15.2. The van der Waals surface area contributed by atoms with E-state index in [1.165, 1.54) is 12.0 Å². The van der Waals surface area contributed by atoms with Crippen LogP contribution in [0.1, 0.15) is 63.3 Å². The summed E-state index contributed by atoms with van der Waals surface area (Å²) in [6, 6.07) is 0. The number of hydrogen-bond donors (Lipinski definition) is 1. The Morgan fingerprint density at radius 1 is 1.05 bits per heavy atom. The van der Waals surface area contributed by atoms with Gasteiger partial charge in [0, 0.05) is 18.0 Å². The van der Waals surface area contributed by atoms with Crippen molar-refractivity contribution in [3.05, 3.63) is 22.8 Å². The Labute approximate surface area is 129 Å². The van der Waals surface area contributed by atoms with Crippen molar-refractivity contribution in [1.29, 1.82) is 0 Å². The minimum absolute atomic E-state index is 0.425. The fourth-order valence-corrected chi connectivity index (χ4v) is 2.49. The van der Waals surface area contributed by atoms with E-state index in [0.717, 1.165) is 43.1 Å². The van der Waals surface area contributed by atoms with E-state index < -0.39 is 5.60 Å². The summed E-state index contributed by atoms with van der Waals surface area (Å²) < 4.78 is 5.76. The van der Waals surface area contributed by atoms with E-state index in [4.69, 9.17) is 4.74 Å². The molecule has 0 aromatic carbocycles. The molecule has 0 aliphatic carbocycles. The van der Waals surface area contributed by atoms with Crippen molar-refractivity contribution in [2.24, 2.45) is 0 Å². The lowest BCUT2D eigenvalue weighted by Gasteiger charge is -2.24. The van der Waals surface area contributed by atoms with E-state index in [1.807, 2.05) is 20.8 Å². The van der Waals surface area contributed by atoms with Crippen molar-refractivity contribution in [1.82, 2.24) is 15.3 Å². The molecule has 1 aromatic heterocycles. The molecule has 1 N–H and O–H groups in total. The molecule has 4 heteroatoms. The van der Waals surface area contributed by atoms with Crippen LogP contribution in [-0.4, -0.2) is 29.7 Å². The third-order valence-electron chi connectivity index (χ3n) is 3.67. The second-order valence-corrected chi connectivity index (χ2v) is 5.99. The molecule has 1 aromatic rings. The summed E-state index contributed by atoms with van der Waals surface area (Å²) in [5, 5.41) is 3.44. The fourth-order valence-electron chi connectivity index (χ4n) is 2.49. The van der Waals surface area contributed by atoms with Gasteiger partial charge in [0.05, 0.1) is 0 Å². The van der Waals surface area contributed by atoms with Gasteiger partial charge in [-0.3, -0.25) is 0 Å². The lowest BCUT2D eigenvalue weighted by Crippen LogP contribution is -2.26. The van der Waals surface area contributed by atoms with E-state index in [2.05, 4.69) is 36.1 Å². The zero-order chi connectivity index (χ0) is 15.9. The van der Waals surface area contributed by atoms with Crippen molar-refractivity contribution in [3.8, 4) is 0 Å². The molecule has 0 saturated heterocycles. The number of aromatic nitrogens is 2. The highest BCUT2D eigenvalue weighted by Crippen LogP contribution is 2.23. The van der Waals surface area contributed by atoms with Crippen LogP contribution in [0.5, 0.6) is 0 Å². The third kappa shape index (κ3) is 5.36. The Bertz CT molecular complexity index is 421. The molecular weight excluding hydrogens is 262 g/mol. The molecule has 0 aliphatic rings. The van der Waals surface area contributed by atoms with Crippen LogP contribution in [0.3, 0.4) is 0 Å². The number of aryl methyl sites for hydroxylation is 2. The van der Waals surface area contributed by atoms with Crippen molar-refractivity contribution in [3.63, 3.8) is 0 Å². The van der Waals surface area contributed by atoms with Gasteiger partial charge in [0.2, 0.25) is 0 Å². The topological polar surface area (TPSA) is 47.0 Å². The summed E-state index contributed by atoms with van der Waals surface area (Å²) in [5.41, 5.74) is 3.02. The minimum atomic E-state index is -0.425. The van der Waals surface area contributed by atoms with E-state index >= 15 is 0 Å². The predicted octanol–water partition coefficient (Wildman–Crippen LogP) is 3.30. The molecule has 0 saturated carbocycles. The number of ether oxygens (including phenoxy) is 1. The molecule has 0 spiro atoms. The maximum atomic E-state index is 5.76. The maximum Gasteiger partial charge on any atom is 0.160 e. The van der Waals surface area contributed by atoms with Crippen molar-refractivity contribution in [2.45, 2.75) is 66.4 Å². The van der Waals surface area contributed by atoms with Gasteiger partial charge in [-0.1, -0.05) is 6.92 Å². The Morgan fingerprint density at radius 2 is 1.67 bits per heavy atom. The van der Waals surface area contributed by atoms with Crippen LogP contribution in [0, 0.1) is 13.8 Å². The van der Waals surface area contributed by atoms with Crippen LogP contribution >= 0.6 is 0 Å². The lowest BCUT2D eigenvalue weighted by atomic mass is 10.0. The molecule has 0 fully saturated rings. The second-order valence-electron chi connectivity index (χ2n) is 5.99. The van der Waals surface area contributed by atoms with Crippen LogP contribution in [-0.2, 0) is 16.8 Å². The molecule has 21 heavy (non-hydrogen) atoms. The quantitative estimate of drug-likeness (QED) is 0.710. The van der Waals surface area contributed by atoms with Gasteiger partial charge >= 0.3 is 0 Å². The third-order valence-corrected chi connectivity index (χ3v) is 3.67. The number of hydrogen-bond acceptors (Lipinski definition) is 4. The van der Waals surface area contributed by atoms with Crippen LogP contribution in [0.25, 0.3) is 0 Å². The van der Waals surface area contributed by atoms with E-state index in [-0.39, 0.29) is 0 Å². The molecule has 120 valence electrons. The van der Waals surface area contributed by atoms with E-state index in [9.17, 15) is 0 Å². The van der Waals surface area contributed by atoms with Gasteiger partial charge in [-0.2, -0.15) is 0 Å². The molecule has 4 nitrogen and oxygen atoms in total. The van der Waals surface area contributed by atoms with Gasteiger partial charge in [-0.05, 0) is 72.5 Å². The minimum Gasteiger partial charge on any atom is -0.368 e. The molecule has 0 atom stereocenters. The van der Waals surface area contributed by atoms with Gasteiger partial charge < -0.3 is 10.1 Å². The van der Waals surface area contributed by atoms with Gasteiger partial charge in [-0.15, -0.1) is 0 Å². The highest BCUT2D eigenvalue weighted by molar-refractivity contribution is 5.25. The van der Waals surface area contributed by atoms with Crippen LogP contribution in [0.2, 0.25) is 0 Å². The van der Waals surface area contributed by atoms with Crippen molar-refractivity contribution in [2.75, 3.05) is 19.7 Å². The highest BCUT2D eigenvalue weighted by atomic mass is 16.5. The van der Waals surface area contributed by atoms with Crippen LogP contribution in [0.15, 0.2) is 0 Å². The lowest BCUT2D eigenvalue weighted by molar-refractivity contribution is -0.0210. The zero-order valence-electron chi connectivity index (χ0n) is 14.5. The normalized spacial score (nSPS) is 11.9. The Morgan fingerprint density at radius 3 is 2.19 bits per heavy atom. The zero-order valence-corrected chi connectivity index (χ0v) is 14.5. The Balaban J connectivity index is 2.76. The molecule has 1 rings (SSSR count). The largest absolute Gasteiger partial charge is 0.368 e. The first-order chi connectivity index (χ1) is 9.92. The average Bonchev–Trinajstić information content (AvgIpc) is 2.40. The van der Waals surface area contributed by atoms with E-state index in [1.54, 1.807) is 0 Å². The summed E-state index contributed by atoms with van der Waals surface area (Å²) in [7, 11) is 0. The predicted molar refractivity (Wildman–Crippen MR) is 87.6 cm³/mol. The van der Waals surface area contributed by atoms with Gasteiger partial charge in [0.25, 0.3) is 0 Å². The number of nitrogens with zero attached hydrogens (tertiary/aromatic N) is 2. The maximum absolute atomic E-state index is 5.76. The Hall–Kier alpha value is -1.00. The fraction of sp³-hybridized carbons (Fsp3) is 0.765. The van der Waals surface area contributed by atoms with Crippen LogP contribution < -0.4 is 5.32 Å². The molecule has 0 amide bonds. The molecular formula is C17H31N3O. The molecule has 0 aliphatic heterocycles. The monoisotopic (exact) mass is 293 g/mol. The molecule has 0 unspecified atom stereocenters. The SMILES string of the molecule is CCCNCCCc1c(C)nc(C(C)(C)OCC)nc1C. The average molecular weight is 293 g/mol. The first-order valence-electron chi connectivity index (χ1n) is 8.11. The van der Waals surface area contributed by atoms with Crippen molar-refractivity contribution >= 4 is 0 Å². The number of rotatable bonds is 9. The van der Waals surface area contributed by atoms with Gasteiger partial charge in [-0.25, -0.2) is 9.97 Å². The smallest absolute Gasteiger partial charge is 0.160 e. The first kappa shape index (κ1) is 18.1. The summed E-state index contributed by atoms with van der Waals surface area (Å²) in [6.07, 6.45) is 3.34. The van der Waals surface area contributed by atoms with E-state index in [0.29, 0.717) is 6.61 Å². The highest BCUT2D eigenvalue weighted by Gasteiger charge is 2.25. The molecule has 0 radical (unpaired) electrons. The standard InChI is InChI=1S/C17H31N3O/c1-7-11-18-12-9-10-15-13(3)19-16(20-14(15)4)17(5,6)21-8-2/h18H,7-12H2,1-6H3. The summed E-state index contributed by atoms with van der Waals surface area (Å²) >= 11 is 0.